The maximum absolute atomic E-state index is 9.98. The van der Waals surface area contributed by atoms with Crippen molar-refractivity contribution >= 4 is 23.2 Å². The molecule has 3 aromatic rings. The monoisotopic (exact) mass is 368 g/mol. The van der Waals surface area contributed by atoms with E-state index in [2.05, 4.69) is 21.5 Å². The molecule has 0 fully saturated rings. The highest BCUT2D eigenvalue weighted by Gasteiger charge is 2.24. The lowest BCUT2D eigenvalue weighted by Crippen LogP contribution is -2.20. The summed E-state index contributed by atoms with van der Waals surface area (Å²) in [6.45, 7) is 2.36. The topological polar surface area (TPSA) is 72.2 Å². The number of fused-ring (bicyclic) bond motifs is 1. The van der Waals surface area contributed by atoms with Crippen molar-refractivity contribution in [3.63, 3.8) is 0 Å². The van der Waals surface area contributed by atoms with Crippen LogP contribution in [-0.4, -0.2) is 26.5 Å². The Morgan fingerprint density at radius 1 is 1.23 bits per heavy atom. The molecular weight excluding hydrogens is 352 g/mol. The minimum atomic E-state index is -0.181. The van der Waals surface area contributed by atoms with Gasteiger partial charge in [0.2, 0.25) is 5.95 Å². The van der Waals surface area contributed by atoms with Crippen molar-refractivity contribution in [1.29, 1.82) is 0 Å². The smallest absolute Gasteiger partial charge is 0.226 e. The molecule has 0 amide bonds. The van der Waals surface area contributed by atoms with Gasteiger partial charge in [-0.3, -0.25) is 0 Å². The summed E-state index contributed by atoms with van der Waals surface area (Å²) in [6.07, 6.45) is 3.57. The average Bonchev–Trinajstić information content (AvgIpc) is 3.12. The summed E-state index contributed by atoms with van der Waals surface area (Å²) in [4.78, 5) is 4.30. The molecule has 132 valence electrons. The number of nitrogens with one attached hydrogen (secondary N) is 1. The largest absolute Gasteiger partial charge is 0.504 e. The Labute approximate surface area is 155 Å². The number of rotatable bonds is 4. The highest BCUT2D eigenvalue weighted by Crippen LogP contribution is 2.36. The first-order chi connectivity index (χ1) is 12.7. The average molecular weight is 369 g/mol. The quantitative estimate of drug-likeness (QED) is 0.725. The molecule has 6 nitrogen and oxygen atoms in total. The summed E-state index contributed by atoms with van der Waals surface area (Å²) in [5.74, 6) is 1.21. The standard InChI is InChI=1S/C19H17ClN4O2/c1-2-26-18-9-13(5-8-17(18)25)16-10-15(12-3-6-14(20)7-4-12)23-19-21-11-22-24(16)19/h3-11,16,25H,2H2,1H3,(H,21,22,23)/t16-/m1/s1. The fourth-order valence-corrected chi connectivity index (χ4v) is 3.08. The fraction of sp³-hybridized carbons (Fsp3) is 0.158. The molecule has 0 spiro atoms. The van der Waals surface area contributed by atoms with Crippen LogP contribution in [0.2, 0.25) is 5.02 Å². The number of nitrogens with zero attached hydrogens (tertiary/aromatic N) is 3. The van der Waals surface area contributed by atoms with Crippen molar-refractivity contribution in [2.45, 2.75) is 13.0 Å². The molecule has 0 saturated carbocycles. The maximum Gasteiger partial charge on any atom is 0.226 e. The summed E-state index contributed by atoms with van der Waals surface area (Å²) >= 11 is 6.00. The minimum Gasteiger partial charge on any atom is -0.504 e. The number of hydrogen-bond acceptors (Lipinski definition) is 5. The molecule has 2 aromatic carbocycles. The van der Waals surface area contributed by atoms with Crippen molar-refractivity contribution in [1.82, 2.24) is 14.8 Å². The normalized spacial score (nSPS) is 15.8. The number of halogens is 1. The summed E-state index contributed by atoms with van der Waals surface area (Å²) in [6, 6.07) is 12.7. The van der Waals surface area contributed by atoms with Gasteiger partial charge in [0.05, 0.1) is 6.61 Å². The van der Waals surface area contributed by atoms with E-state index < -0.39 is 0 Å². The van der Waals surface area contributed by atoms with Gasteiger partial charge in [0.1, 0.15) is 12.4 Å². The van der Waals surface area contributed by atoms with E-state index in [9.17, 15) is 5.11 Å². The highest BCUT2D eigenvalue weighted by atomic mass is 35.5. The molecule has 0 aliphatic carbocycles. The molecule has 2 heterocycles. The first-order valence-electron chi connectivity index (χ1n) is 8.25. The number of ether oxygens (including phenoxy) is 1. The van der Waals surface area contributed by atoms with Crippen molar-refractivity contribution < 1.29 is 9.84 Å². The molecule has 26 heavy (non-hydrogen) atoms. The zero-order valence-corrected chi connectivity index (χ0v) is 14.8. The van der Waals surface area contributed by atoms with Gasteiger partial charge in [0.15, 0.2) is 11.5 Å². The molecule has 1 atom stereocenters. The minimum absolute atomic E-state index is 0.116. The summed E-state index contributed by atoms with van der Waals surface area (Å²) in [5, 5.41) is 18.3. The molecule has 1 aliphatic heterocycles. The number of aromatic hydroxyl groups is 1. The lowest BCUT2D eigenvalue weighted by molar-refractivity contribution is 0.317. The predicted molar refractivity (Wildman–Crippen MR) is 100 cm³/mol. The molecular formula is C19H17ClN4O2. The van der Waals surface area contributed by atoms with E-state index in [1.165, 1.54) is 6.33 Å². The van der Waals surface area contributed by atoms with Gasteiger partial charge in [-0.15, -0.1) is 0 Å². The molecule has 0 saturated heterocycles. The molecule has 1 aromatic heterocycles. The van der Waals surface area contributed by atoms with Crippen LogP contribution in [0.25, 0.3) is 5.70 Å². The predicted octanol–water partition coefficient (Wildman–Crippen LogP) is 4.09. The van der Waals surface area contributed by atoms with Crippen LogP contribution in [0.4, 0.5) is 5.95 Å². The summed E-state index contributed by atoms with van der Waals surface area (Å²) in [5.41, 5.74) is 2.85. The zero-order chi connectivity index (χ0) is 18.1. The van der Waals surface area contributed by atoms with Crippen LogP contribution in [0.3, 0.4) is 0 Å². The van der Waals surface area contributed by atoms with Gasteiger partial charge < -0.3 is 15.2 Å². The van der Waals surface area contributed by atoms with Gasteiger partial charge in [0, 0.05) is 10.7 Å². The lowest BCUT2D eigenvalue weighted by atomic mass is 10.0. The Kier molecular flexibility index (Phi) is 4.26. The lowest BCUT2D eigenvalue weighted by Gasteiger charge is -2.25. The van der Waals surface area contributed by atoms with E-state index in [-0.39, 0.29) is 11.8 Å². The van der Waals surface area contributed by atoms with Crippen LogP contribution in [0.15, 0.2) is 54.9 Å². The van der Waals surface area contributed by atoms with E-state index in [1.807, 2.05) is 43.3 Å². The summed E-state index contributed by atoms with van der Waals surface area (Å²) in [7, 11) is 0. The van der Waals surface area contributed by atoms with Crippen LogP contribution in [0.1, 0.15) is 24.1 Å². The Morgan fingerprint density at radius 3 is 2.81 bits per heavy atom. The number of phenols is 1. The number of phenolic OH excluding ortho intramolecular Hbond substituents is 1. The van der Waals surface area contributed by atoms with E-state index in [4.69, 9.17) is 16.3 Å². The Morgan fingerprint density at radius 2 is 2.04 bits per heavy atom. The second kappa shape index (κ2) is 6.72. The van der Waals surface area contributed by atoms with Crippen LogP contribution >= 0.6 is 11.6 Å². The number of allylic oxidation sites excluding steroid dienone is 1. The molecule has 7 heteroatoms. The highest BCUT2D eigenvalue weighted by molar-refractivity contribution is 6.30. The summed E-state index contributed by atoms with van der Waals surface area (Å²) < 4.78 is 7.31. The van der Waals surface area contributed by atoms with E-state index >= 15 is 0 Å². The van der Waals surface area contributed by atoms with Gasteiger partial charge in [0.25, 0.3) is 0 Å². The van der Waals surface area contributed by atoms with E-state index in [0.717, 1.165) is 16.8 Å². The maximum atomic E-state index is 9.98. The van der Waals surface area contributed by atoms with Gasteiger partial charge >= 0.3 is 0 Å². The van der Waals surface area contributed by atoms with Gasteiger partial charge in [-0.1, -0.05) is 29.8 Å². The molecule has 4 rings (SSSR count). The second-order valence-electron chi connectivity index (χ2n) is 5.85. The van der Waals surface area contributed by atoms with E-state index in [0.29, 0.717) is 23.3 Å². The van der Waals surface area contributed by atoms with Crippen LogP contribution in [0, 0.1) is 0 Å². The number of hydrogen-bond donors (Lipinski definition) is 2. The third-order valence-corrected chi connectivity index (χ3v) is 4.44. The van der Waals surface area contributed by atoms with Crippen LogP contribution in [-0.2, 0) is 0 Å². The third-order valence-electron chi connectivity index (χ3n) is 4.19. The number of aromatic nitrogens is 3. The molecule has 1 aliphatic rings. The van der Waals surface area contributed by atoms with E-state index in [1.54, 1.807) is 10.7 Å². The third kappa shape index (κ3) is 2.99. The molecule has 0 unspecified atom stereocenters. The number of anilines is 1. The Bertz CT molecular complexity index is 966. The van der Waals surface area contributed by atoms with Crippen molar-refractivity contribution in [3.05, 3.63) is 71.0 Å². The molecule has 2 N–H and O–H groups in total. The zero-order valence-electron chi connectivity index (χ0n) is 14.1. The molecule has 0 bridgehead atoms. The van der Waals surface area contributed by atoms with Crippen molar-refractivity contribution in [2.75, 3.05) is 11.9 Å². The van der Waals surface area contributed by atoms with Crippen LogP contribution in [0.5, 0.6) is 11.5 Å². The first kappa shape index (κ1) is 16.5. The first-order valence-corrected chi connectivity index (χ1v) is 8.63. The molecule has 0 radical (unpaired) electrons. The van der Waals surface area contributed by atoms with Gasteiger partial charge in [-0.2, -0.15) is 10.1 Å². The van der Waals surface area contributed by atoms with Crippen molar-refractivity contribution in [2.24, 2.45) is 0 Å². The SMILES string of the molecule is CCOc1cc([C@H]2C=C(c3ccc(Cl)cc3)Nc3ncnn32)ccc1O. The van der Waals surface area contributed by atoms with Gasteiger partial charge in [-0.25, -0.2) is 4.68 Å². The van der Waals surface area contributed by atoms with Gasteiger partial charge in [-0.05, 0) is 48.4 Å². The van der Waals surface area contributed by atoms with Crippen LogP contribution < -0.4 is 10.1 Å². The fourth-order valence-electron chi connectivity index (χ4n) is 2.95. The number of benzene rings is 2. The van der Waals surface area contributed by atoms with Crippen molar-refractivity contribution in [3.8, 4) is 11.5 Å². The Balaban J connectivity index is 1.78. The second-order valence-corrected chi connectivity index (χ2v) is 6.28. The Hall–Kier alpha value is -2.99.